The highest BCUT2D eigenvalue weighted by molar-refractivity contribution is 5.39. The molecule has 0 saturated heterocycles. The van der Waals surface area contributed by atoms with Crippen molar-refractivity contribution in [3.8, 4) is 11.4 Å². The van der Waals surface area contributed by atoms with Crippen LogP contribution in [0, 0.1) is 0 Å². The standard InChI is InChI=1S/C25H20N4/c1-4-10-20(11-5-1)25(23-16-18-28(26-23)21-12-6-2-7-13-21)24-17-19-29(27-24)22-14-8-3-9-15-22/h1-19,25H. The molecule has 4 nitrogen and oxygen atoms in total. The van der Waals surface area contributed by atoms with Crippen LogP contribution in [-0.2, 0) is 0 Å². The van der Waals surface area contributed by atoms with Crippen molar-refractivity contribution in [1.82, 2.24) is 19.6 Å². The van der Waals surface area contributed by atoms with Crippen LogP contribution in [0.1, 0.15) is 22.9 Å². The van der Waals surface area contributed by atoms with Gasteiger partial charge in [-0.3, -0.25) is 0 Å². The first kappa shape index (κ1) is 17.2. The molecule has 4 heteroatoms. The molecule has 0 spiro atoms. The Balaban J connectivity index is 1.57. The lowest BCUT2D eigenvalue weighted by Gasteiger charge is -2.13. The molecule has 0 aliphatic rings. The van der Waals surface area contributed by atoms with Gasteiger partial charge in [-0.2, -0.15) is 10.2 Å². The lowest BCUT2D eigenvalue weighted by Crippen LogP contribution is -2.07. The van der Waals surface area contributed by atoms with E-state index in [1.807, 2.05) is 64.2 Å². The zero-order chi connectivity index (χ0) is 19.5. The molecule has 2 heterocycles. The number of para-hydroxylation sites is 2. The largest absolute Gasteiger partial charge is 0.241 e. The molecule has 0 atom stereocenters. The maximum absolute atomic E-state index is 4.88. The van der Waals surface area contributed by atoms with Crippen LogP contribution in [0.25, 0.3) is 11.4 Å². The molecular formula is C25H20N4. The topological polar surface area (TPSA) is 35.6 Å². The second-order valence-electron chi connectivity index (χ2n) is 6.89. The van der Waals surface area contributed by atoms with Gasteiger partial charge in [0.1, 0.15) is 0 Å². The van der Waals surface area contributed by atoms with Gasteiger partial charge in [0.25, 0.3) is 0 Å². The molecule has 29 heavy (non-hydrogen) atoms. The lowest BCUT2D eigenvalue weighted by molar-refractivity contribution is 0.773. The second kappa shape index (κ2) is 7.60. The summed E-state index contributed by atoms with van der Waals surface area (Å²) in [6.07, 6.45) is 4.02. The summed E-state index contributed by atoms with van der Waals surface area (Å²) in [6, 6.07) is 34.9. The molecule has 0 saturated carbocycles. The Morgan fingerprint density at radius 2 is 0.897 bits per heavy atom. The third-order valence-electron chi connectivity index (χ3n) is 4.99. The Hall–Kier alpha value is -3.92. The Kier molecular flexibility index (Phi) is 4.51. The molecule has 0 amide bonds. The minimum Gasteiger partial charge on any atom is -0.241 e. The van der Waals surface area contributed by atoms with Gasteiger partial charge in [0.2, 0.25) is 0 Å². The molecule has 3 aromatic carbocycles. The molecule has 0 aliphatic heterocycles. The van der Waals surface area contributed by atoms with Gasteiger partial charge in [0.05, 0.1) is 28.7 Å². The Morgan fingerprint density at radius 3 is 1.34 bits per heavy atom. The number of hydrogen-bond acceptors (Lipinski definition) is 2. The molecule has 0 aliphatic carbocycles. The van der Waals surface area contributed by atoms with E-state index in [9.17, 15) is 0 Å². The molecule has 140 valence electrons. The SMILES string of the molecule is c1ccc(C(c2ccn(-c3ccccc3)n2)c2ccn(-c3ccccc3)n2)cc1. The average molecular weight is 376 g/mol. The summed E-state index contributed by atoms with van der Waals surface area (Å²) in [5.41, 5.74) is 5.20. The van der Waals surface area contributed by atoms with E-state index < -0.39 is 0 Å². The third kappa shape index (κ3) is 3.48. The summed E-state index contributed by atoms with van der Waals surface area (Å²) in [4.78, 5) is 0. The van der Waals surface area contributed by atoms with E-state index in [2.05, 4.69) is 60.7 Å². The predicted octanol–water partition coefficient (Wildman–Crippen LogP) is 5.24. The van der Waals surface area contributed by atoms with Gasteiger partial charge in [0.15, 0.2) is 0 Å². The quantitative estimate of drug-likeness (QED) is 0.421. The van der Waals surface area contributed by atoms with Crippen molar-refractivity contribution in [3.63, 3.8) is 0 Å². The van der Waals surface area contributed by atoms with Gasteiger partial charge in [-0.15, -0.1) is 0 Å². The third-order valence-corrected chi connectivity index (χ3v) is 4.99. The van der Waals surface area contributed by atoms with E-state index in [1.165, 1.54) is 5.56 Å². The van der Waals surface area contributed by atoms with Crippen LogP contribution in [0.15, 0.2) is 116 Å². The summed E-state index contributed by atoms with van der Waals surface area (Å²) in [5, 5.41) is 9.77. The minimum atomic E-state index is -0.0360. The smallest absolute Gasteiger partial charge is 0.0764 e. The van der Waals surface area contributed by atoms with Crippen molar-refractivity contribution in [2.45, 2.75) is 5.92 Å². The number of aromatic nitrogens is 4. The molecule has 2 aromatic heterocycles. The van der Waals surface area contributed by atoms with Crippen LogP contribution in [-0.4, -0.2) is 19.6 Å². The van der Waals surface area contributed by atoms with E-state index in [0.29, 0.717) is 0 Å². The Morgan fingerprint density at radius 1 is 0.483 bits per heavy atom. The highest BCUT2D eigenvalue weighted by atomic mass is 15.3. The lowest BCUT2D eigenvalue weighted by atomic mass is 9.93. The fourth-order valence-corrected chi connectivity index (χ4v) is 3.57. The van der Waals surface area contributed by atoms with Gasteiger partial charge in [-0.05, 0) is 42.0 Å². The molecule has 5 aromatic rings. The monoisotopic (exact) mass is 376 g/mol. The molecule has 0 radical (unpaired) electrons. The Bertz CT molecular complexity index is 1110. The summed E-state index contributed by atoms with van der Waals surface area (Å²) >= 11 is 0. The van der Waals surface area contributed by atoms with Gasteiger partial charge in [-0.25, -0.2) is 9.36 Å². The van der Waals surface area contributed by atoms with Crippen LogP contribution in [0.5, 0.6) is 0 Å². The highest BCUT2D eigenvalue weighted by Gasteiger charge is 2.22. The minimum absolute atomic E-state index is 0.0360. The van der Waals surface area contributed by atoms with Gasteiger partial charge in [-0.1, -0.05) is 66.7 Å². The van der Waals surface area contributed by atoms with E-state index in [1.54, 1.807) is 0 Å². The summed E-state index contributed by atoms with van der Waals surface area (Å²) in [6.45, 7) is 0. The van der Waals surface area contributed by atoms with Crippen LogP contribution in [0.2, 0.25) is 0 Å². The second-order valence-corrected chi connectivity index (χ2v) is 6.89. The zero-order valence-electron chi connectivity index (χ0n) is 15.8. The molecule has 0 unspecified atom stereocenters. The highest BCUT2D eigenvalue weighted by Crippen LogP contribution is 2.30. The molecular weight excluding hydrogens is 356 g/mol. The van der Waals surface area contributed by atoms with Crippen molar-refractivity contribution in [2.24, 2.45) is 0 Å². The number of hydrogen-bond donors (Lipinski definition) is 0. The van der Waals surface area contributed by atoms with Crippen molar-refractivity contribution in [3.05, 3.63) is 132 Å². The van der Waals surface area contributed by atoms with Crippen LogP contribution < -0.4 is 0 Å². The molecule has 0 bridgehead atoms. The van der Waals surface area contributed by atoms with Crippen molar-refractivity contribution >= 4 is 0 Å². The van der Waals surface area contributed by atoms with Crippen LogP contribution in [0.3, 0.4) is 0 Å². The first-order chi connectivity index (χ1) is 14.4. The maximum atomic E-state index is 4.88. The first-order valence-electron chi connectivity index (χ1n) is 9.65. The first-order valence-corrected chi connectivity index (χ1v) is 9.65. The maximum Gasteiger partial charge on any atom is 0.0764 e. The van der Waals surface area contributed by atoms with Gasteiger partial charge in [0, 0.05) is 12.4 Å². The van der Waals surface area contributed by atoms with E-state index in [-0.39, 0.29) is 5.92 Å². The van der Waals surface area contributed by atoms with Crippen molar-refractivity contribution in [2.75, 3.05) is 0 Å². The van der Waals surface area contributed by atoms with E-state index in [4.69, 9.17) is 10.2 Å². The van der Waals surface area contributed by atoms with Crippen molar-refractivity contribution < 1.29 is 0 Å². The zero-order valence-corrected chi connectivity index (χ0v) is 15.8. The van der Waals surface area contributed by atoms with Gasteiger partial charge < -0.3 is 0 Å². The summed E-state index contributed by atoms with van der Waals surface area (Å²) < 4.78 is 3.83. The number of benzene rings is 3. The normalized spacial score (nSPS) is 11.1. The average Bonchev–Trinajstić information content (AvgIpc) is 3.47. The van der Waals surface area contributed by atoms with Gasteiger partial charge >= 0.3 is 0 Å². The van der Waals surface area contributed by atoms with E-state index >= 15 is 0 Å². The molecule has 0 fully saturated rings. The molecule has 0 N–H and O–H groups in total. The van der Waals surface area contributed by atoms with Crippen molar-refractivity contribution in [1.29, 1.82) is 0 Å². The predicted molar refractivity (Wildman–Crippen MR) is 115 cm³/mol. The number of nitrogens with zero attached hydrogens (tertiary/aromatic N) is 4. The molecule has 5 rings (SSSR count). The summed E-state index contributed by atoms with van der Waals surface area (Å²) in [7, 11) is 0. The van der Waals surface area contributed by atoms with Crippen LogP contribution >= 0.6 is 0 Å². The number of rotatable bonds is 5. The van der Waals surface area contributed by atoms with E-state index in [0.717, 1.165) is 22.8 Å². The summed E-state index contributed by atoms with van der Waals surface area (Å²) in [5.74, 6) is -0.0360. The fourth-order valence-electron chi connectivity index (χ4n) is 3.57. The fraction of sp³-hybridized carbons (Fsp3) is 0.0400. The Labute approximate surface area is 169 Å². The van der Waals surface area contributed by atoms with Crippen LogP contribution in [0.4, 0.5) is 0 Å².